The molecule has 0 aromatic carbocycles. The predicted molar refractivity (Wildman–Crippen MR) is 81.5 cm³/mol. The molecule has 0 radical (unpaired) electrons. The Hall–Kier alpha value is -0.520. The van der Waals surface area contributed by atoms with Gasteiger partial charge in [0, 0.05) is 6.92 Å². The number of carbonyl (C=O) groups is 2. The second-order valence-electron chi connectivity index (χ2n) is 4.79. The molecule has 2 aliphatic rings. The summed E-state index contributed by atoms with van der Waals surface area (Å²) in [6.45, 7) is 4.57. The largest absolute Gasteiger partial charge is 0.468 e. The summed E-state index contributed by atoms with van der Waals surface area (Å²) in [5.41, 5.74) is 0. The zero-order valence-corrected chi connectivity index (χ0v) is 13.5. The molecule has 0 bridgehead atoms. The Morgan fingerprint density at radius 2 is 1.80 bits per heavy atom. The fourth-order valence-electron chi connectivity index (χ4n) is 1.98. The maximum atomic E-state index is 10.5. The molecule has 0 aromatic rings. The minimum absolute atomic E-state index is 0. The number of carbonyl (C=O) groups excluding carboxylic acids is 2. The van der Waals surface area contributed by atoms with Crippen LogP contribution in [0.2, 0.25) is 0 Å². The maximum Gasteiger partial charge on any atom is 0.302 e. The minimum atomic E-state index is -0.160. The lowest BCUT2D eigenvalue weighted by Crippen LogP contribution is -2.33. The summed E-state index contributed by atoms with van der Waals surface area (Å²) in [4.78, 5) is 20.1. The Bertz CT molecular complexity index is 257. The topological polar surface area (TPSA) is 64.6 Å². The van der Waals surface area contributed by atoms with Crippen LogP contribution in [0, 0.1) is 5.92 Å². The molecule has 7 heteroatoms. The predicted octanol–water partition coefficient (Wildman–Crippen LogP) is 2.10. The van der Waals surface area contributed by atoms with Crippen molar-refractivity contribution in [3.8, 4) is 0 Å². The fourth-order valence-corrected chi connectivity index (χ4v) is 1.98. The number of esters is 1. The van der Waals surface area contributed by atoms with Crippen molar-refractivity contribution in [3.63, 3.8) is 0 Å². The van der Waals surface area contributed by atoms with E-state index in [9.17, 15) is 9.59 Å². The van der Waals surface area contributed by atoms with Gasteiger partial charge in [0.2, 0.25) is 0 Å². The van der Waals surface area contributed by atoms with Gasteiger partial charge in [0.05, 0.1) is 6.61 Å². The van der Waals surface area contributed by atoms with Gasteiger partial charge in [-0.05, 0) is 44.7 Å². The zero-order valence-electron chi connectivity index (χ0n) is 11.8. The summed E-state index contributed by atoms with van der Waals surface area (Å²) in [6.07, 6.45) is 5.88. The molecule has 5 nitrogen and oxygen atoms in total. The third-order valence-corrected chi connectivity index (χ3v) is 3.24. The number of hydrogen-bond acceptors (Lipinski definition) is 5. The van der Waals surface area contributed by atoms with E-state index in [2.05, 4.69) is 10.1 Å². The van der Waals surface area contributed by atoms with Gasteiger partial charge in [-0.3, -0.25) is 9.59 Å². The summed E-state index contributed by atoms with van der Waals surface area (Å²) in [5.74, 6) is 0.520. The normalized spacial score (nSPS) is 18.1. The van der Waals surface area contributed by atoms with Crippen LogP contribution < -0.4 is 5.32 Å². The SMILES string of the molecule is CC(=O)OC1CCNCC1.Cl.Cl.O=COCC1CCC1. The highest BCUT2D eigenvalue weighted by Gasteiger charge is 2.17. The third-order valence-electron chi connectivity index (χ3n) is 3.24. The smallest absolute Gasteiger partial charge is 0.302 e. The third kappa shape index (κ3) is 10.3. The van der Waals surface area contributed by atoms with Gasteiger partial charge in [-0.2, -0.15) is 0 Å². The Morgan fingerprint density at radius 1 is 1.20 bits per heavy atom. The van der Waals surface area contributed by atoms with Crippen molar-refractivity contribution < 1.29 is 19.1 Å². The molecule has 0 amide bonds. The lowest BCUT2D eigenvalue weighted by atomic mass is 9.86. The van der Waals surface area contributed by atoms with Crippen molar-refractivity contribution in [2.45, 2.75) is 45.1 Å². The molecule has 120 valence electrons. The molecule has 1 saturated heterocycles. The summed E-state index contributed by atoms with van der Waals surface area (Å²) in [5, 5.41) is 3.20. The summed E-state index contributed by atoms with van der Waals surface area (Å²) < 4.78 is 9.57. The van der Waals surface area contributed by atoms with Crippen molar-refractivity contribution in [3.05, 3.63) is 0 Å². The van der Waals surface area contributed by atoms with Crippen molar-refractivity contribution in [2.24, 2.45) is 5.92 Å². The van der Waals surface area contributed by atoms with Crippen molar-refractivity contribution in [2.75, 3.05) is 19.7 Å². The first-order chi connectivity index (χ1) is 8.72. The van der Waals surface area contributed by atoms with E-state index < -0.39 is 0 Å². The van der Waals surface area contributed by atoms with Crippen molar-refractivity contribution in [1.29, 1.82) is 0 Å². The van der Waals surface area contributed by atoms with Crippen LogP contribution in [0.1, 0.15) is 39.0 Å². The minimum Gasteiger partial charge on any atom is -0.468 e. The Labute approximate surface area is 133 Å². The number of piperidine rings is 1. The average Bonchev–Trinajstić information content (AvgIpc) is 2.29. The summed E-state index contributed by atoms with van der Waals surface area (Å²) in [7, 11) is 0. The van der Waals surface area contributed by atoms with E-state index >= 15 is 0 Å². The van der Waals surface area contributed by atoms with E-state index in [1.54, 1.807) is 0 Å². The number of halogens is 2. The highest BCUT2D eigenvalue weighted by molar-refractivity contribution is 5.85. The monoisotopic (exact) mass is 329 g/mol. The molecule has 1 aliphatic heterocycles. The summed E-state index contributed by atoms with van der Waals surface area (Å²) >= 11 is 0. The van der Waals surface area contributed by atoms with Crippen LogP contribution in [0.3, 0.4) is 0 Å². The van der Waals surface area contributed by atoms with Gasteiger partial charge in [-0.25, -0.2) is 0 Å². The molecule has 2 fully saturated rings. The first-order valence-corrected chi connectivity index (χ1v) is 6.65. The molecule has 0 spiro atoms. The standard InChI is InChI=1S/C7H13NO2.C6H10O2.2ClH/c1-6(9)10-7-2-4-8-5-3-7;7-5-8-4-6-2-1-3-6;;/h7-8H,2-5H2,1H3;5-6H,1-4H2;2*1H. The number of rotatable bonds is 4. The molecule has 1 heterocycles. The molecule has 2 rings (SSSR count). The molecule has 1 aliphatic carbocycles. The van der Waals surface area contributed by atoms with Gasteiger partial charge in [-0.15, -0.1) is 24.8 Å². The Balaban J connectivity index is 0. The first-order valence-electron chi connectivity index (χ1n) is 6.65. The molecule has 20 heavy (non-hydrogen) atoms. The quantitative estimate of drug-likeness (QED) is 0.632. The van der Waals surface area contributed by atoms with E-state index in [1.165, 1.54) is 26.2 Å². The van der Waals surface area contributed by atoms with Crippen LogP contribution in [0.4, 0.5) is 0 Å². The Kier molecular flexibility index (Phi) is 14.7. The van der Waals surface area contributed by atoms with E-state index in [4.69, 9.17) is 4.74 Å². The second kappa shape index (κ2) is 13.5. The second-order valence-corrected chi connectivity index (χ2v) is 4.79. The molecule has 1 N–H and O–H groups in total. The highest BCUT2D eigenvalue weighted by Crippen LogP contribution is 2.25. The molecular formula is C13H25Cl2NO4. The maximum absolute atomic E-state index is 10.5. The van der Waals surface area contributed by atoms with E-state index in [1.807, 2.05) is 0 Å². The average molecular weight is 330 g/mol. The van der Waals surface area contributed by atoms with Crippen molar-refractivity contribution in [1.82, 2.24) is 5.32 Å². The molecule has 0 unspecified atom stereocenters. The van der Waals surface area contributed by atoms with E-state index in [0.29, 0.717) is 19.0 Å². The fraction of sp³-hybridized carbons (Fsp3) is 0.846. The van der Waals surface area contributed by atoms with Crippen molar-refractivity contribution >= 4 is 37.3 Å². The number of nitrogens with one attached hydrogen (secondary N) is 1. The van der Waals surface area contributed by atoms with Crippen LogP contribution >= 0.6 is 24.8 Å². The van der Waals surface area contributed by atoms with Crippen LogP contribution in [0.5, 0.6) is 0 Å². The Morgan fingerprint density at radius 3 is 2.20 bits per heavy atom. The van der Waals surface area contributed by atoms with Gasteiger partial charge >= 0.3 is 5.97 Å². The first kappa shape index (κ1) is 21.8. The van der Waals surface area contributed by atoms with Gasteiger partial charge < -0.3 is 14.8 Å². The number of ether oxygens (including phenoxy) is 2. The van der Waals surface area contributed by atoms with Gasteiger partial charge in [-0.1, -0.05) is 6.42 Å². The molecule has 0 atom stereocenters. The zero-order chi connectivity index (χ0) is 13.2. The number of hydrogen-bond donors (Lipinski definition) is 1. The summed E-state index contributed by atoms with van der Waals surface area (Å²) in [6, 6.07) is 0. The van der Waals surface area contributed by atoms with Crippen LogP contribution in [0.15, 0.2) is 0 Å². The lowest BCUT2D eigenvalue weighted by molar-refractivity contribution is -0.147. The van der Waals surface area contributed by atoms with Crippen LogP contribution in [0.25, 0.3) is 0 Å². The van der Waals surface area contributed by atoms with E-state index in [0.717, 1.165) is 25.9 Å². The molecule has 0 aromatic heterocycles. The highest BCUT2D eigenvalue weighted by atomic mass is 35.5. The van der Waals surface area contributed by atoms with Crippen LogP contribution in [-0.4, -0.2) is 38.2 Å². The van der Waals surface area contributed by atoms with Gasteiger partial charge in [0.1, 0.15) is 6.10 Å². The lowest BCUT2D eigenvalue weighted by Gasteiger charge is -2.23. The molecule has 1 saturated carbocycles. The van der Waals surface area contributed by atoms with E-state index in [-0.39, 0.29) is 36.9 Å². The van der Waals surface area contributed by atoms with Gasteiger partial charge in [0.25, 0.3) is 6.47 Å². The van der Waals surface area contributed by atoms with Crippen LogP contribution in [-0.2, 0) is 19.1 Å². The van der Waals surface area contributed by atoms with Gasteiger partial charge in [0.15, 0.2) is 0 Å². The molecular weight excluding hydrogens is 305 g/mol.